The van der Waals surface area contributed by atoms with E-state index in [1.165, 1.54) is 0 Å². The van der Waals surface area contributed by atoms with Crippen LogP contribution in [-0.2, 0) is 0 Å². The molecular formula is C25H23N3O2. The molecule has 3 aromatic carbocycles. The van der Waals surface area contributed by atoms with Gasteiger partial charge in [0, 0.05) is 48.7 Å². The molecule has 5 nitrogen and oxygen atoms in total. The maximum atomic E-state index is 13.6. The fourth-order valence-corrected chi connectivity index (χ4v) is 4.20. The number of nitrogens with zero attached hydrogens (tertiary/aromatic N) is 3. The molecule has 1 fully saturated rings. The first-order valence-electron chi connectivity index (χ1n) is 10.2. The third-order valence-electron chi connectivity index (χ3n) is 5.79. The van der Waals surface area contributed by atoms with Crippen molar-refractivity contribution in [1.82, 2.24) is 9.88 Å². The first-order chi connectivity index (χ1) is 14.7. The molecule has 0 radical (unpaired) electrons. The lowest BCUT2D eigenvalue weighted by molar-refractivity contribution is 0.0750. The van der Waals surface area contributed by atoms with Gasteiger partial charge in [-0.1, -0.05) is 42.5 Å². The van der Waals surface area contributed by atoms with Gasteiger partial charge in [0.1, 0.15) is 5.75 Å². The smallest absolute Gasteiger partial charge is 0.255 e. The minimum Gasteiger partial charge on any atom is -0.497 e. The predicted molar refractivity (Wildman–Crippen MR) is 120 cm³/mol. The highest BCUT2D eigenvalue weighted by atomic mass is 16.5. The number of fused-ring (bicyclic) bond motifs is 2. The van der Waals surface area contributed by atoms with E-state index >= 15 is 0 Å². The number of piperazine rings is 1. The number of carbonyl (C=O) groups excluding carboxylic acids is 1. The zero-order valence-electron chi connectivity index (χ0n) is 16.9. The SMILES string of the molecule is COc1cccc(N2CCN(C(=O)c3c4ccccc4nc4ccccc34)CC2)c1. The minimum absolute atomic E-state index is 0.0788. The number of amides is 1. The predicted octanol–water partition coefficient (Wildman–Crippen LogP) is 4.36. The van der Waals surface area contributed by atoms with E-state index in [0.29, 0.717) is 13.1 Å². The van der Waals surface area contributed by atoms with Gasteiger partial charge in [-0.3, -0.25) is 4.79 Å². The van der Waals surface area contributed by atoms with Gasteiger partial charge in [0.2, 0.25) is 0 Å². The molecule has 1 saturated heterocycles. The number of para-hydroxylation sites is 2. The molecule has 1 amide bonds. The molecule has 4 aromatic rings. The van der Waals surface area contributed by atoms with Crippen LogP contribution >= 0.6 is 0 Å². The van der Waals surface area contributed by atoms with Gasteiger partial charge in [0.15, 0.2) is 0 Å². The summed E-state index contributed by atoms with van der Waals surface area (Å²) in [5.41, 5.74) is 3.59. The summed E-state index contributed by atoms with van der Waals surface area (Å²) in [5, 5.41) is 1.83. The second kappa shape index (κ2) is 7.67. The van der Waals surface area contributed by atoms with Crippen LogP contribution in [0.4, 0.5) is 5.69 Å². The Hall–Kier alpha value is -3.60. The first-order valence-corrected chi connectivity index (χ1v) is 10.2. The zero-order chi connectivity index (χ0) is 20.5. The Morgan fingerprint density at radius 1 is 0.833 bits per heavy atom. The lowest BCUT2D eigenvalue weighted by Crippen LogP contribution is -2.48. The topological polar surface area (TPSA) is 45.7 Å². The second-order valence-electron chi connectivity index (χ2n) is 7.50. The Balaban J connectivity index is 1.45. The van der Waals surface area contributed by atoms with E-state index in [1.54, 1.807) is 7.11 Å². The van der Waals surface area contributed by atoms with Gasteiger partial charge < -0.3 is 14.5 Å². The lowest BCUT2D eigenvalue weighted by atomic mass is 10.0. The number of rotatable bonds is 3. The maximum absolute atomic E-state index is 13.6. The van der Waals surface area contributed by atoms with Gasteiger partial charge in [-0.05, 0) is 24.3 Å². The van der Waals surface area contributed by atoms with E-state index in [4.69, 9.17) is 9.72 Å². The molecule has 1 aliphatic heterocycles. The Kier molecular flexibility index (Phi) is 4.71. The van der Waals surface area contributed by atoms with Crippen molar-refractivity contribution < 1.29 is 9.53 Å². The third kappa shape index (κ3) is 3.22. The van der Waals surface area contributed by atoms with E-state index in [1.807, 2.05) is 71.6 Å². The van der Waals surface area contributed by atoms with Gasteiger partial charge in [0.05, 0.1) is 23.7 Å². The summed E-state index contributed by atoms with van der Waals surface area (Å²) < 4.78 is 5.35. The molecule has 2 heterocycles. The standard InChI is InChI=1S/C25H23N3O2/c1-30-19-8-6-7-18(17-19)27-13-15-28(16-14-27)25(29)24-20-9-2-4-11-22(20)26-23-12-5-3-10-21(23)24/h2-12,17H,13-16H2,1H3. The van der Waals surface area contributed by atoms with E-state index in [9.17, 15) is 4.79 Å². The van der Waals surface area contributed by atoms with Gasteiger partial charge in [0.25, 0.3) is 5.91 Å². The molecule has 1 aromatic heterocycles. The Morgan fingerprint density at radius 2 is 1.47 bits per heavy atom. The van der Waals surface area contributed by atoms with Crippen LogP contribution in [-0.4, -0.2) is 49.1 Å². The molecular weight excluding hydrogens is 374 g/mol. The summed E-state index contributed by atoms with van der Waals surface area (Å²) in [7, 11) is 1.68. The van der Waals surface area contributed by atoms with Crippen LogP contribution in [0.25, 0.3) is 21.8 Å². The highest BCUT2D eigenvalue weighted by molar-refractivity contribution is 6.16. The summed E-state index contributed by atoms with van der Waals surface area (Å²) in [5.74, 6) is 0.927. The number of benzene rings is 3. The molecule has 30 heavy (non-hydrogen) atoms. The number of hydrogen-bond acceptors (Lipinski definition) is 4. The molecule has 0 N–H and O–H groups in total. The largest absolute Gasteiger partial charge is 0.497 e. The van der Waals surface area contributed by atoms with Crippen LogP contribution in [0, 0.1) is 0 Å². The number of ether oxygens (including phenoxy) is 1. The van der Waals surface area contributed by atoms with Crippen molar-refractivity contribution in [3.63, 3.8) is 0 Å². The molecule has 150 valence electrons. The molecule has 0 saturated carbocycles. The van der Waals surface area contributed by atoms with Crippen molar-refractivity contribution in [2.45, 2.75) is 0 Å². The number of methoxy groups -OCH3 is 1. The molecule has 5 heteroatoms. The molecule has 0 bridgehead atoms. The number of aromatic nitrogens is 1. The summed E-state index contributed by atoms with van der Waals surface area (Å²) >= 11 is 0. The molecule has 0 spiro atoms. The highest BCUT2D eigenvalue weighted by Gasteiger charge is 2.25. The van der Waals surface area contributed by atoms with Gasteiger partial charge in [-0.15, -0.1) is 0 Å². The maximum Gasteiger partial charge on any atom is 0.255 e. The van der Waals surface area contributed by atoms with Crippen molar-refractivity contribution in [2.75, 3.05) is 38.2 Å². The normalized spacial score (nSPS) is 14.3. The van der Waals surface area contributed by atoms with Gasteiger partial charge in [-0.2, -0.15) is 0 Å². The monoisotopic (exact) mass is 397 g/mol. The lowest BCUT2D eigenvalue weighted by Gasteiger charge is -2.36. The van der Waals surface area contributed by atoms with Crippen LogP contribution < -0.4 is 9.64 Å². The zero-order valence-corrected chi connectivity index (χ0v) is 16.9. The number of carbonyl (C=O) groups is 1. The third-order valence-corrected chi connectivity index (χ3v) is 5.79. The van der Waals surface area contributed by atoms with Crippen molar-refractivity contribution in [3.8, 4) is 5.75 Å². The molecule has 0 aliphatic carbocycles. The average molecular weight is 397 g/mol. The van der Waals surface area contributed by atoms with Crippen molar-refractivity contribution >= 4 is 33.4 Å². The molecule has 0 unspecified atom stereocenters. The first kappa shape index (κ1) is 18.4. The summed E-state index contributed by atoms with van der Waals surface area (Å²) in [4.78, 5) is 22.6. The Morgan fingerprint density at radius 3 is 2.10 bits per heavy atom. The molecule has 5 rings (SSSR count). The number of anilines is 1. The number of pyridine rings is 1. The van der Waals surface area contributed by atoms with Crippen LogP contribution in [0.3, 0.4) is 0 Å². The fraction of sp³-hybridized carbons (Fsp3) is 0.200. The summed E-state index contributed by atoms with van der Waals surface area (Å²) in [6.45, 7) is 2.95. The van der Waals surface area contributed by atoms with Gasteiger partial charge >= 0.3 is 0 Å². The van der Waals surface area contributed by atoms with Crippen LogP contribution in [0.5, 0.6) is 5.75 Å². The van der Waals surface area contributed by atoms with E-state index in [2.05, 4.69) is 11.0 Å². The van der Waals surface area contributed by atoms with Crippen molar-refractivity contribution in [3.05, 3.63) is 78.4 Å². The van der Waals surface area contributed by atoms with E-state index in [0.717, 1.165) is 51.9 Å². The van der Waals surface area contributed by atoms with Crippen LogP contribution in [0.2, 0.25) is 0 Å². The highest BCUT2D eigenvalue weighted by Crippen LogP contribution is 2.28. The minimum atomic E-state index is 0.0788. The van der Waals surface area contributed by atoms with Crippen molar-refractivity contribution in [1.29, 1.82) is 0 Å². The summed E-state index contributed by atoms with van der Waals surface area (Å²) in [6, 6.07) is 23.9. The van der Waals surface area contributed by atoms with E-state index in [-0.39, 0.29) is 5.91 Å². The fourth-order valence-electron chi connectivity index (χ4n) is 4.20. The summed E-state index contributed by atoms with van der Waals surface area (Å²) in [6.07, 6.45) is 0. The number of hydrogen-bond donors (Lipinski definition) is 0. The van der Waals surface area contributed by atoms with E-state index < -0.39 is 0 Å². The molecule has 0 atom stereocenters. The van der Waals surface area contributed by atoms with Crippen molar-refractivity contribution in [2.24, 2.45) is 0 Å². The van der Waals surface area contributed by atoms with Gasteiger partial charge in [-0.25, -0.2) is 4.98 Å². The quantitative estimate of drug-likeness (QED) is 0.482. The Labute approximate surface area is 175 Å². The molecule has 1 aliphatic rings. The van der Waals surface area contributed by atoms with Crippen LogP contribution in [0.15, 0.2) is 72.8 Å². The average Bonchev–Trinajstić information content (AvgIpc) is 2.82. The Bertz CT molecular complexity index is 1180. The van der Waals surface area contributed by atoms with Crippen LogP contribution in [0.1, 0.15) is 10.4 Å². The second-order valence-corrected chi connectivity index (χ2v) is 7.50.